The standard InChI is InChI=1S/C22H35N3O3/c1-4-23-22(25-12-11-17(15-25)16-26-2)24-14-18-9-10-20(27-3)13-21(18)28-19-7-5-6-8-19/h9-10,13,17,19H,4-8,11-12,14-16H2,1-3H3,(H,23,24). The Hall–Kier alpha value is -1.95. The van der Waals surface area contributed by atoms with E-state index < -0.39 is 0 Å². The van der Waals surface area contributed by atoms with Gasteiger partial charge in [0, 0.05) is 44.3 Å². The molecule has 1 aromatic carbocycles. The lowest BCUT2D eigenvalue weighted by molar-refractivity contribution is 0.157. The van der Waals surface area contributed by atoms with Gasteiger partial charge < -0.3 is 24.4 Å². The number of ether oxygens (including phenoxy) is 3. The number of methoxy groups -OCH3 is 2. The minimum absolute atomic E-state index is 0.316. The first-order valence-electron chi connectivity index (χ1n) is 10.6. The zero-order valence-electron chi connectivity index (χ0n) is 17.6. The Morgan fingerprint density at radius 3 is 2.75 bits per heavy atom. The molecule has 6 heteroatoms. The molecule has 1 unspecified atom stereocenters. The highest BCUT2D eigenvalue weighted by Crippen LogP contribution is 2.30. The molecule has 1 saturated heterocycles. The Kier molecular flexibility index (Phi) is 7.83. The molecule has 3 rings (SSSR count). The molecule has 1 aromatic rings. The maximum atomic E-state index is 6.32. The van der Waals surface area contributed by atoms with Crippen molar-refractivity contribution in [2.24, 2.45) is 10.9 Å². The number of rotatable bonds is 8. The fourth-order valence-electron chi connectivity index (χ4n) is 4.07. The number of guanidine groups is 1. The Balaban J connectivity index is 1.72. The third-order valence-corrected chi connectivity index (χ3v) is 5.59. The Morgan fingerprint density at radius 2 is 2.04 bits per heavy atom. The molecule has 1 N–H and O–H groups in total. The van der Waals surface area contributed by atoms with Gasteiger partial charge in [0.2, 0.25) is 0 Å². The van der Waals surface area contributed by atoms with Crippen molar-refractivity contribution in [3.05, 3.63) is 23.8 Å². The van der Waals surface area contributed by atoms with Gasteiger partial charge in [-0.2, -0.15) is 0 Å². The molecule has 2 fully saturated rings. The van der Waals surface area contributed by atoms with Gasteiger partial charge in [-0.15, -0.1) is 0 Å². The second-order valence-electron chi connectivity index (χ2n) is 7.72. The topological polar surface area (TPSA) is 55.3 Å². The molecule has 156 valence electrons. The van der Waals surface area contributed by atoms with Crippen LogP contribution in [0.25, 0.3) is 0 Å². The maximum absolute atomic E-state index is 6.32. The van der Waals surface area contributed by atoms with Crippen molar-refractivity contribution in [2.45, 2.75) is 51.7 Å². The Morgan fingerprint density at radius 1 is 1.21 bits per heavy atom. The molecule has 6 nitrogen and oxygen atoms in total. The van der Waals surface area contributed by atoms with Gasteiger partial charge in [-0.05, 0) is 51.2 Å². The van der Waals surface area contributed by atoms with Crippen molar-refractivity contribution in [2.75, 3.05) is 40.5 Å². The van der Waals surface area contributed by atoms with E-state index in [2.05, 4.69) is 23.2 Å². The lowest BCUT2D eigenvalue weighted by Crippen LogP contribution is -2.40. The average Bonchev–Trinajstić information content (AvgIpc) is 3.38. The summed E-state index contributed by atoms with van der Waals surface area (Å²) in [7, 11) is 3.47. The number of benzene rings is 1. The van der Waals surface area contributed by atoms with Crippen molar-refractivity contribution < 1.29 is 14.2 Å². The SMILES string of the molecule is CCNC(=NCc1ccc(OC)cc1OC1CCCC1)N1CCC(COC)C1. The smallest absolute Gasteiger partial charge is 0.194 e. The summed E-state index contributed by atoms with van der Waals surface area (Å²) in [5.74, 6) is 3.29. The zero-order chi connectivity index (χ0) is 19.8. The van der Waals surface area contributed by atoms with Gasteiger partial charge in [0.15, 0.2) is 5.96 Å². The number of nitrogens with one attached hydrogen (secondary N) is 1. The van der Waals surface area contributed by atoms with Crippen molar-refractivity contribution in [3.63, 3.8) is 0 Å². The van der Waals surface area contributed by atoms with Crippen LogP contribution >= 0.6 is 0 Å². The first-order valence-corrected chi connectivity index (χ1v) is 10.6. The fraction of sp³-hybridized carbons (Fsp3) is 0.682. The first kappa shape index (κ1) is 20.8. The number of aliphatic imine (C=N–C) groups is 1. The molecule has 0 bridgehead atoms. The van der Waals surface area contributed by atoms with E-state index in [9.17, 15) is 0 Å². The van der Waals surface area contributed by atoms with E-state index in [1.54, 1.807) is 14.2 Å². The molecule has 0 radical (unpaired) electrons. The van der Waals surface area contributed by atoms with Crippen LogP contribution in [0.1, 0.15) is 44.6 Å². The molecular weight excluding hydrogens is 354 g/mol. The normalized spacial score (nSPS) is 20.6. The van der Waals surface area contributed by atoms with Crippen molar-refractivity contribution >= 4 is 5.96 Å². The summed E-state index contributed by atoms with van der Waals surface area (Å²) >= 11 is 0. The van der Waals surface area contributed by atoms with E-state index >= 15 is 0 Å². The lowest BCUT2D eigenvalue weighted by Gasteiger charge is -2.22. The largest absolute Gasteiger partial charge is 0.497 e. The highest BCUT2D eigenvalue weighted by Gasteiger charge is 2.25. The van der Waals surface area contributed by atoms with Crippen LogP contribution < -0.4 is 14.8 Å². The molecule has 1 aliphatic carbocycles. The Bertz CT molecular complexity index is 644. The summed E-state index contributed by atoms with van der Waals surface area (Å²) < 4.78 is 17.1. The van der Waals surface area contributed by atoms with Gasteiger partial charge >= 0.3 is 0 Å². The molecule has 1 heterocycles. The molecule has 0 amide bonds. The maximum Gasteiger partial charge on any atom is 0.194 e. The molecule has 1 aliphatic heterocycles. The van der Waals surface area contributed by atoms with Crippen LogP contribution in [0.5, 0.6) is 11.5 Å². The molecule has 1 saturated carbocycles. The van der Waals surface area contributed by atoms with Gasteiger partial charge in [0.25, 0.3) is 0 Å². The zero-order valence-corrected chi connectivity index (χ0v) is 17.6. The molecular formula is C22H35N3O3. The van der Waals surface area contributed by atoms with E-state index in [0.29, 0.717) is 18.6 Å². The van der Waals surface area contributed by atoms with Gasteiger partial charge in [0.05, 0.1) is 26.4 Å². The fourth-order valence-corrected chi connectivity index (χ4v) is 4.07. The number of likely N-dealkylation sites (tertiary alicyclic amines) is 1. The van der Waals surface area contributed by atoms with Gasteiger partial charge in [-0.1, -0.05) is 0 Å². The second kappa shape index (κ2) is 10.6. The summed E-state index contributed by atoms with van der Waals surface area (Å²) in [6, 6.07) is 6.07. The van der Waals surface area contributed by atoms with Crippen LogP contribution in [0, 0.1) is 5.92 Å². The molecule has 0 aromatic heterocycles. The van der Waals surface area contributed by atoms with Crippen LogP contribution in [0.15, 0.2) is 23.2 Å². The van der Waals surface area contributed by atoms with Crippen molar-refractivity contribution in [1.29, 1.82) is 0 Å². The third-order valence-electron chi connectivity index (χ3n) is 5.59. The van der Waals surface area contributed by atoms with Gasteiger partial charge in [-0.25, -0.2) is 4.99 Å². The van der Waals surface area contributed by atoms with Gasteiger partial charge in [-0.3, -0.25) is 0 Å². The summed E-state index contributed by atoms with van der Waals surface area (Å²) in [4.78, 5) is 7.26. The molecule has 1 atom stereocenters. The van der Waals surface area contributed by atoms with E-state index in [-0.39, 0.29) is 0 Å². The minimum atomic E-state index is 0.316. The lowest BCUT2D eigenvalue weighted by atomic mass is 10.1. The monoisotopic (exact) mass is 389 g/mol. The third kappa shape index (κ3) is 5.53. The van der Waals surface area contributed by atoms with Crippen LogP contribution in [0.2, 0.25) is 0 Å². The quantitative estimate of drug-likeness (QED) is 0.545. The summed E-state index contributed by atoms with van der Waals surface area (Å²) in [6.07, 6.45) is 6.25. The van der Waals surface area contributed by atoms with Crippen molar-refractivity contribution in [3.8, 4) is 11.5 Å². The van der Waals surface area contributed by atoms with E-state index in [4.69, 9.17) is 19.2 Å². The summed E-state index contributed by atoms with van der Waals surface area (Å²) in [6.45, 7) is 6.40. The van der Waals surface area contributed by atoms with Gasteiger partial charge in [0.1, 0.15) is 11.5 Å². The molecule has 0 spiro atoms. The average molecular weight is 390 g/mol. The predicted molar refractivity (Wildman–Crippen MR) is 112 cm³/mol. The predicted octanol–water partition coefficient (Wildman–Crippen LogP) is 3.45. The van der Waals surface area contributed by atoms with Crippen LogP contribution in [0.3, 0.4) is 0 Å². The number of nitrogens with zero attached hydrogens (tertiary/aromatic N) is 2. The Labute approximate surface area is 169 Å². The van der Waals surface area contributed by atoms with E-state index in [1.807, 2.05) is 12.1 Å². The number of hydrogen-bond acceptors (Lipinski definition) is 4. The first-order chi connectivity index (χ1) is 13.7. The van der Waals surface area contributed by atoms with Crippen LogP contribution in [-0.4, -0.2) is 57.4 Å². The second-order valence-corrected chi connectivity index (χ2v) is 7.72. The molecule has 2 aliphatic rings. The van der Waals surface area contributed by atoms with E-state index in [1.165, 1.54) is 12.8 Å². The highest BCUT2D eigenvalue weighted by molar-refractivity contribution is 5.80. The molecule has 28 heavy (non-hydrogen) atoms. The summed E-state index contributed by atoms with van der Waals surface area (Å²) in [5.41, 5.74) is 1.11. The van der Waals surface area contributed by atoms with E-state index in [0.717, 1.165) is 68.5 Å². The minimum Gasteiger partial charge on any atom is -0.497 e. The highest BCUT2D eigenvalue weighted by atomic mass is 16.5. The number of hydrogen-bond donors (Lipinski definition) is 1. The van der Waals surface area contributed by atoms with Crippen molar-refractivity contribution in [1.82, 2.24) is 10.2 Å². The summed E-state index contributed by atoms with van der Waals surface area (Å²) in [5, 5.41) is 3.44. The van der Waals surface area contributed by atoms with Crippen LogP contribution in [0.4, 0.5) is 0 Å². The van der Waals surface area contributed by atoms with Crippen LogP contribution in [-0.2, 0) is 11.3 Å².